The topological polar surface area (TPSA) is 62.3 Å². The van der Waals surface area contributed by atoms with Gasteiger partial charge >= 0.3 is 6.03 Å². The first-order valence-electron chi connectivity index (χ1n) is 6.86. The molecule has 1 aromatic rings. The maximum atomic E-state index is 12.1. The molecule has 1 unspecified atom stereocenters. The highest BCUT2D eigenvalue weighted by molar-refractivity contribution is 9.09. The largest absolute Gasteiger partial charge is 0.328 e. The van der Waals surface area contributed by atoms with Crippen molar-refractivity contribution in [1.29, 1.82) is 0 Å². The summed E-state index contributed by atoms with van der Waals surface area (Å²) in [5.41, 5.74) is 0.873. The number of nitrogens with zero attached hydrogens (tertiary/aromatic N) is 2. The summed E-state index contributed by atoms with van der Waals surface area (Å²) in [5.74, 6) is 0.439. The SMILES string of the molecule is CC(C)c1nc(CN(C)C(=O)N[C@H](C=O)C(C)CBr)cs1. The molecule has 0 aromatic carbocycles. The van der Waals surface area contributed by atoms with Gasteiger partial charge in [-0.2, -0.15) is 0 Å². The zero-order chi connectivity index (χ0) is 16.0. The predicted octanol–water partition coefficient (Wildman–Crippen LogP) is 3.01. The van der Waals surface area contributed by atoms with Gasteiger partial charge in [-0.25, -0.2) is 9.78 Å². The van der Waals surface area contributed by atoms with E-state index < -0.39 is 6.04 Å². The van der Waals surface area contributed by atoms with Crippen LogP contribution in [-0.4, -0.2) is 40.6 Å². The van der Waals surface area contributed by atoms with Crippen LogP contribution in [0.4, 0.5) is 4.79 Å². The molecule has 0 saturated heterocycles. The van der Waals surface area contributed by atoms with Gasteiger partial charge in [0, 0.05) is 23.7 Å². The average Bonchev–Trinajstić information content (AvgIpc) is 2.92. The number of thiazole rings is 1. The Morgan fingerprint density at radius 1 is 1.52 bits per heavy atom. The van der Waals surface area contributed by atoms with Gasteiger partial charge in [0.2, 0.25) is 0 Å². The summed E-state index contributed by atoms with van der Waals surface area (Å²) in [4.78, 5) is 29.2. The highest BCUT2D eigenvalue weighted by Crippen LogP contribution is 2.19. The van der Waals surface area contributed by atoms with Crippen LogP contribution in [0.5, 0.6) is 0 Å². The summed E-state index contributed by atoms with van der Waals surface area (Å²) >= 11 is 4.93. The molecular weight excluding hydrogens is 354 g/mol. The van der Waals surface area contributed by atoms with E-state index in [1.54, 1.807) is 18.4 Å². The molecule has 0 saturated carbocycles. The van der Waals surface area contributed by atoms with Gasteiger partial charge in [-0.1, -0.05) is 36.7 Å². The number of hydrogen-bond acceptors (Lipinski definition) is 4. The standard InChI is InChI=1S/C14H22BrN3O2S/c1-9(2)13-16-11(8-21-13)6-18(4)14(20)17-12(7-19)10(3)5-15/h7-10,12H,5-6H2,1-4H3,(H,17,20)/t10?,12-/m1/s1. The number of rotatable bonds is 7. The van der Waals surface area contributed by atoms with E-state index in [4.69, 9.17) is 0 Å². The second-order valence-corrected chi connectivity index (χ2v) is 6.97. The molecule has 0 aliphatic rings. The van der Waals surface area contributed by atoms with Gasteiger partial charge in [-0.3, -0.25) is 0 Å². The fourth-order valence-corrected chi connectivity index (χ4v) is 2.86. The second kappa shape index (κ2) is 8.48. The maximum absolute atomic E-state index is 12.1. The number of hydrogen-bond donors (Lipinski definition) is 1. The lowest BCUT2D eigenvalue weighted by Gasteiger charge is -2.22. The van der Waals surface area contributed by atoms with Crippen molar-refractivity contribution < 1.29 is 9.59 Å². The van der Waals surface area contributed by atoms with Crippen molar-refractivity contribution in [2.75, 3.05) is 12.4 Å². The Kier molecular flexibility index (Phi) is 7.31. The van der Waals surface area contributed by atoms with E-state index >= 15 is 0 Å². The summed E-state index contributed by atoms with van der Waals surface area (Å²) in [6, 6.07) is -0.750. The number of carbonyl (C=O) groups is 2. The smallest absolute Gasteiger partial charge is 0.318 e. The number of urea groups is 1. The van der Waals surface area contributed by atoms with E-state index in [9.17, 15) is 9.59 Å². The van der Waals surface area contributed by atoms with Crippen molar-refractivity contribution in [3.05, 3.63) is 16.1 Å². The Morgan fingerprint density at radius 2 is 2.19 bits per heavy atom. The van der Waals surface area contributed by atoms with E-state index in [0.717, 1.165) is 17.0 Å². The first-order chi connectivity index (χ1) is 9.88. The van der Waals surface area contributed by atoms with Crippen LogP contribution in [0.2, 0.25) is 0 Å². The molecule has 0 spiro atoms. The summed E-state index contributed by atoms with van der Waals surface area (Å²) in [6.07, 6.45) is 0.775. The first-order valence-corrected chi connectivity index (χ1v) is 8.86. The van der Waals surface area contributed by atoms with Crippen molar-refractivity contribution in [1.82, 2.24) is 15.2 Å². The molecule has 2 atom stereocenters. The van der Waals surface area contributed by atoms with Crippen molar-refractivity contribution in [2.45, 2.75) is 39.3 Å². The lowest BCUT2D eigenvalue weighted by Crippen LogP contribution is -2.46. The Balaban J connectivity index is 2.59. The maximum Gasteiger partial charge on any atom is 0.318 e. The summed E-state index contributed by atoms with van der Waals surface area (Å²) in [5, 5.41) is 6.43. The van der Waals surface area contributed by atoms with Gasteiger partial charge in [0.25, 0.3) is 0 Å². The van der Waals surface area contributed by atoms with Crippen LogP contribution < -0.4 is 5.32 Å². The van der Waals surface area contributed by atoms with Gasteiger partial charge in [-0.15, -0.1) is 11.3 Å². The predicted molar refractivity (Wildman–Crippen MR) is 89.0 cm³/mol. The van der Waals surface area contributed by atoms with Crippen LogP contribution in [0.1, 0.15) is 37.4 Å². The molecule has 1 heterocycles. The van der Waals surface area contributed by atoms with Crippen LogP contribution in [0.3, 0.4) is 0 Å². The summed E-state index contributed by atoms with van der Waals surface area (Å²) in [7, 11) is 1.70. The number of carbonyl (C=O) groups excluding carboxylic acids is 2. The van der Waals surface area contributed by atoms with Gasteiger partial charge in [0.1, 0.15) is 6.29 Å². The lowest BCUT2D eigenvalue weighted by atomic mass is 10.1. The molecule has 21 heavy (non-hydrogen) atoms. The Hall–Kier alpha value is -0.950. The van der Waals surface area contributed by atoms with Gasteiger partial charge in [0.15, 0.2) is 0 Å². The molecule has 5 nitrogen and oxygen atoms in total. The number of aromatic nitrogens is 1. The van der Waals surface area contributed by atoms with Crippen LogP contribution in [0, 0.1) is 5.92 Å². The van der Waals surface area contributed by atoms with E-state index in [0.29, 0.717) is 17.8 Å². The van der Waals surface area contributed by atoms with E-state index in [1.165, 1.54) is 4.90 Å². The van der Waals surface area contributed by atoms with Crippen LogP contribution in [0.25, 0.3) is 0 Å². The molecule has 1 N–H and O–H groups in total. The van der Waals surface area contributed by atoms with E-state index in [2.05, 4.69) is 40.1 Å². The minimum absolute atomic E-state index is 0.0478. The van der Waals surface area contributed by atoms with Crippen molar-refractivity contribution in [3.8, 4) is 0 Å². The molecule has 0 bridgehead atoms. The van der Waals surface area contributed by atoms with Gasteiger partial charge in [-0.05, 0) is 5.92 Å². The Labute approximate surface area is 138 Å². The first kappa shape index (κ1) is 18.1. The number of halogens is 1. The third-order valence-electron chi connectivity index (χ3n) is 3.10. The zero-order valence-corrected chi connectivity index (χ0v) is 15.2. The van der Waals surface area contributed by atoms with Crippen LogP contribution in [0.15, 0.2) is 5.38 Å². The average molecular weight is 376 g/mol. The highest BCUT2D eigenvalue weighted by Gasteiger charge is 2.20. The summed E-state index contributed by atoms with van der Waals surface area (Å²) in [6.45, 7) is 6.53. The number of alkyl halides is 1. The lowest BCUT2D eigenvalue weighted by molar-refractivity contribution is -0.110. The van der Waals surface area contributed by atoms with E-state index in [1.807, 2.05) is 12.3 Å². The number of aldehydes is 1. The fraction of sp³-hybridized carbons (Fsp3) is 0.643. The molecule has 2 amide bonds. The fourth-order valence-electron chi connectivity index (χ4n) is 1.63. The van der Waals surface area contributed by atoms with Crippen molar-refractivity contribution in [3.63, 3.8) is 0 Å². The normalized spacial score (nSPS) is 13.8. The minimum Gasteiger partial charge on any atom is -0.328 e. The molecule has 7 heteroatoms. The van der Waals surface area contributed by atoms with E-state index in [-0.39, 0.29) is 11.9 Å². The van der Waals surface area contributed by atoms with Crippen LogP contribution >= 0.6 is 27.3 Å². The molecule has 118 valence electrons. The highest BCUT2D eigenvalue weighted by atomic mass is 79.9. The van der Waals surface area contributed by atoms with Crippen molar-refractivity contribution >= 4 is 39.6 Å². The second-order valence-electron chi connectivity index (χ2n) is 5.43. The summed E-state index contributed by atoms with van der Waals surface area (Å²) < 4.78 is 0. The van der Waals surface area contributed by atoms with Gasteiger partial charge < -0.3 is 15.0 Å². The minimum atomic E-state index is -0.485. The molecule has 0 radical (unpaired) electrons. The Morgan fingerprint density at radius 3 is 2.67 bits per heavy atom. The molecule has 0 fully saturated rings. The molecular formula is C14H22BrN3O2S. The third-order valence-corrected chi connectivity index (χ3v) is 5.32. The number of amides is 2. The van der Waals surface area contributed by atoms with Crippen LogP contribution in [-0.2, 0) is 11.3 Å². The molecule has 0 aliphatic carbocycles. The Bertz CT molecular complexity index is 479. The monoisotopic (exact) mass is 375 g/mol. The van der Waals surface area contributed by atoms with Gasteiger partial charge in [0.05, 0.1) is 23.3 Å². The quantitative estimate of drug-likeness (QED) is 0.588. The molecule has 1 rings (SSSR count). The molecule has 0 aliphatic heterocycles. The third kappa shape index (κ3) is 5.39. The molecule has 1 aromatic heterocycles. The van der Waals surface area contributed by atoms with Crippen molar-refractivity contribution in [2.24, 2.45) is 5.92 Å². The zero-order valence-electron chi connectivity index (χ0n) is 12.8. The number of nitrogens with one attached hydrogen (secondary N) is 1.